The van der Waals surface area contributed by atoms with Crippen LogP contribution in [-0.4, -0.2) is 19.0 Å². The van der Waals surface area contributed by atoms with E-state index in [1.807, 2.05) is 0 Å². The van der Waals surface area contributed by atoms with Crippen molar-refractivity contribution in [3.05, 3.63) is 0 Å². The highest BCUT2D eigenvalue weighted by atomic mass is 32.1. The molecule has 74 valence electrons. The number of hydrogen-bond acceptors (Lipinski definition) is 2. The summed E-state index contributed by atoms with van der Waals surface area (Å²) in [5.74, 6) is 1.01. The molecule has 0 rings (SSSR count). The van der Waals surface area contributed by atoms with E-state index < -0.39 is 0 Å². The molecular formula is C10H22OS. The van der Waals surface area contributed by atoms with Crippen molar-refractivity contribution in [2.24, 2.45) is 0 Å². The molecule has 0 spiro atoms. The summed E-state index contributed by atoms with van der Waals surface area (Å²) >= 11 is 4.15. The first kappa shape index (κ1) is 12.3. The first-order valence-corrected chi connectivity index (χ1v) is 5.73. The van der Waals surface area contributed by atoms with Gasteiger partial charge in [0.2, 0.25) is 0 Å². The number of rotatable bonds is 9. The van der Waals surface area contributed by atoms with Crippen molar-refractivity contribution in [2.75, 3.05) is 19.0 Å². The Balaban J connectivity index is 2.73. The first-order valence-electron chi connectivity index (χ1n) is 5.10. The third kappa shape index (κ3) is 10.3. The minimum atomic E-state index is 0.942. The Bertz CT molecular complexity index is 66.2. The standard InChI is InChI=1S/C10H22OS/c1-2-3-5-8-11-9-6-4-7-10-12/h12H,2-10H2,1H3. The molecule has 0 unspecified atom stereocenters. The molecule has 1 nitrogen and oxygen atoms in total. The van der Waals surface area contributed by atoms with Gasteiger partial charge in [-0.1, -0.05) is 26.2 Å². The highest BCUT2D eigenvalue weighted by Crippen LogP contribution is 1.99. The van der Waals surface area contributed by atoms with Gasteiger partial charge in [-0.2, -0.15) is 12.6 Å². The van der Waals surface area contributed by atoms with E-state index in [1.54, 1.807) is 0 Å². The van der Waals surface area contributed by atoms with Crippen molar-refractivity contribution in [1.82, 2.24) is 0 Å². The molecule has 0 radical (unpaired) electrons. The summed E-state index contributed by atoms with van der Waals surface area (Å²) in [6.07, 6.45) is 7.49. The van der Waals surface area contributed by atoms with Crippen LogP contribution in [0.1, 0.15) is 45.4 Å². The lowest BCUT2D eigenvalue weighted by Gasteiger charge is -2.02. The minimum Gasteiger partial charge on any atom is -0.381 e. The quantitative estimate of drug-likeness (QED) is 0.433. The molecule has 12 heavy (non-hydrogen) atoms. The van der Waals surface area contributed by atoms with Crippen molar-refractivity contribution in [3.8, 4) is 0 Å². The highest BCUT2D eigenvalue weighted by Gasteiger charge is 1.89. The largest absolute Gasteiger partial charge is 0.381 e. The molecule has 0 aliphatic heterocycles. The summed E-state index contributed by atoms with van der Waals surface area (Å²) in [6, 6.07) is 0. The van der Waals surface area contributed by atoms with E-state index >= 15 is 0 Å². The third-order valence-electron chi connectivity index (χ3n) is 1.84. The van der Waals surface area contributed by atoms with Crippen LogP contribution in [0, 0.1) is 0 Å². The summed E-state index contributed by atoms with van der Waals surface area (Å²) in [5.41, 5.74) is 0. The normalized spacial score (nSPS) is 10.5. The monoisotopic (exact) mass is 190 g/mol. The summed E-state index contributed by atoms with van der Waals surface area (Å²) < 4.78 is 5.46. The summed E-state index contributed by atoms with van der Waals surface area (Å²) in [5, 5.41) is 0. The third-order valence-corrected chi connectivity index (χ3v) is 2.16. The summed E-state index contributed by atoms with van der Waals surface area (Å²) in [7, 11) is 0. The van der Waals surface area contributed by atoms with Crippen molar-refractivity contribution in [2.45, 2.75) is 45.4 Å². The molecule has 0 saturated carbocycles. The number of unbranched alkanes of at least 4 members (excludes halogenated alkanes) is 4. The van der Waals surface area contributed by atoms with Gasteiger partial charge in [0.25, 0.3) is 0 Å². The van der Waals surface area contributed by atoms with Gasteiger partial charge in [0.05, 0.1) is 0 Å². The Morgan fingerprint density at radius 2 is 1.58 bits per heavy atom. The van der Waals surface area contributed by atoms with Gasteiger partial charge in [-0.05, 0) is 25.0 Å². The van der Waals surface area contributed by atoms with Crippen molar-refractivity contribution in [1.29, 1.82) is 0 Å². The second kappa shape index (κ2) is 11.3. The Kier molecular flexibility index (Phi) is 11.6. The predicted octanol–water partition coefficient (Wildman–Crippen LogP) is 3.29. The van der Waals surface area contributed by atoms with Gasteiger partial charge in [0.15, 0.2) is 0 Å². The molecular weight excluding hydrogens is 168 g/mol. The van der Waals surface area contributed by atoms with Crippen LogP contribution in [0.5, 0.6) is 0 Å². The zero-order chi connectivity index (χ0) is 9.07. The van der Waals surface area contributed by atoms with E-state index in [0.29, 0.717) is 0 Å². The lowest BCUT2D eigenvalue weighted by atomic mass is 10.2. The lowest BCUT2D eigenvalue weighted by Crippen LogP contribution is -1.96. The minimum absolute atomic E-state index is 0.942. The molecule has 0 heterocycles. The molecule has 0 atom stereocenters. The lowest BCUT2D eigenvalue weighted by molar-refractivity contribution is 0.126. The number of thiol groups is 1. The average Bonchev–Trinajstić information content (AvgIpc) is 2.10. The van der Waals surface area contributed by atoms with Crippen molar-refractivity contribution in [3.63, 3.8) is 0 Å². The Hall–Kier alpha value is 0.310. The van der Waals surface area contributed by atoms with Gasteiger partial charge < -0.3 is 4.74 Å². The number of ether oxygens (including phenoxy) is 1. The molecule has 0 amide bonds. The smallest absolute Gasteiger partial charge is 0.0466 e. The zero-order valence-electron chi connectivity index (χ0n) is 8.22. The van der Waals surface area contributed by atoms with Crippen LogP contribution in [-0.2, 0) is 4.74 Å². The predicted molar refractivity (Wildman–Crippen MR) is 58.0 cm³/mol. The maximum absolute atomic E-state index is 5.46. The van der Waals surface area contributed by atoms with Crippen LogP contribution < -0.4 is 0 Å². The average molecular weight is 190 g/mol. The van der Waals surface area contributed by atoms with Crippen LogP contribution in [0.3, 0.4) is 0 Å². The summed E-state index contributed by atoms with van der Waals surface area (Å²) in [4.78, 5) is 0. The van der Waals surface area contributed by atoms with Gasteiger partial charge >= 0.3 is 0 Å². The van der Waals surface area contributed by atoms with Gasteiger partial charge in [-0.15, -0.1) is 0 Å². The van der Waals surface area contributed by atoms with Gasteiger partial charge in [-0.25, -0.2) is 0 Å². The van der Waals surface area contributed by atoms with E-state index in [9.17, 15) is 0 Å². The maximum Gasteiger partial charge on any atom is 0.0466 e. The molecule has 0 bridgehead atoms. The van der Waals surface area contributed by atoms with E-state index in [-0.39, 0.29) is 0 Å². The van der Waals surface area contributed by atoms with Crippen molar-refractivity contribution < 1.29 is 4.74 Å². The summed E-state index contributed by atoms with van der Waals surface area (Å²) in [6.45, 7) is 4.11. The van der Waals surface area contributed by atoms with Crippen LogP contribution in [0.4, 0.5) is 0 Å². The van der Waals surface area contributed by atoms with Crippen LogP contribution in [0.25, 0.3) is 0 Å². The van der Waals surface area contributed by atoms with Gasteiger partial charge in [-0.3, -0.25) is 0 Å². The van der Waals surface area contributed by atoms with Crippen molar-refractivity contribution >= 4 is 12.6 Å². The number of hydrogen-bond donors (Lipinski definition) is 1. The topological polar surface area (TPSA) is 9.23 Å². The fraction of sp³-hybridized carbons (Fsp3) is 1.00. The maximum atomic E-state index is 5.46. The van der Waals surface area contributed by atoms with Crippen LogP contribution in [0.15, 0.2) is 0 Å². The van der Waals surface area contributed by atoms with E-state index in [2.05, 4.69) is 19.6 Å². The van der Waals surface area contributed by atoms with Gasteiger partial charge in [0.1, 0.15) is 0 Å². The molecule has 0 aliphatic rings. The molecule has 0 aromatic rings. The second-order valence-electron chi connectivity index (χ2n) is 3.10. The Morgan fingerprint density at radius 3 is 2.17 bits per heavy atom. The van der Waals surface area contributed by atoms with E-state index in [0.717, 1.165) is 19.0 Å². The van der Waals surface area contributed by atoms with Crippen LogP contribution in [0.2, 0.25) is 0 Å². The first-order chi connectivity index (χ1) is 5.91. The molecule has 0 fully saturated rings. The molecule has 0 N–H and O–H groups in total. The molecule has 0 aliphatic carbocycles. The SMILES string of the molecule is CCCCCOCCCCCS. The fourth-order valence-corrected chi connectivity index (χ4v) is 1.27. The molecule has 0 saturated heterocycles. The van der Waals surface area contributed by atoms with E-state index in [4.69, 9.17) is 4.74 Å². The Labute approximate surface area is 82.3 Å². The Morgan fingerprint density at radius 1 is 0.917 bits per heavy atom. The van der Waals surface area contributed by atoms with E-state index in [1.165, 1.54) is 38.5 Å². The molecule has 2 heteroatoms. The fourth-order valence-electron chi connectivity index (χ4n) is 1.05. The second-order valence-corrected chi connectivity index (χ2v) is 3.55. The molecule has 0 aromatic carbocycles. The van der Waals surface area contributed by atoms with Crippen LogP contribution >= 0.6 is 12.6 Å². The zero-order valence-corrected chi connectivity index (χ0v) is 9.11. The molecule has 0 aromatic heterocycles. The van der Waals surface area contributed by atoms with Gasteiger partial charge in [0, 0.05) is 13.2 Å². The highest BCUT2D eigenvalue weighted by molar-refractivity contribution is 7.80.